The minimum Gasteiger partial charge on any atom is -0.390 e. The van der Waals surface area contributed by atoms with Crippen LogP contribution in [0, 0.1) is 0 Å². The van der Waals surface area contributed by atoms with Crippen LogP contribution in [0.3, 0.4) is 0 Å². The lowest BCUT2D eigenvalue weighted by Crippen LogP contribution is -2.17. The summed E-state index contributed by atoms with van der Waals surface area (Å²) in [7, 11) is 0. The van der Waals surface area contributed by atoms with Crippen LogP contribution in [0.15, 0.2) is 0 Å². The minimum atomic E-state index is 0.000231. The number of aliphatic hydroxyl groups is 1. The molecule has 0 amide bonds. The Labute approximate surface area is 96.7 Å². The summed E-state index contributed by atoms with van der Waals surface area (Å²) < 4.78 is 2.06. The summed E-state index contributed by atoms with van der Waals surface area (Å²) in [5.74, 6) is 0.374. The Morgan fingerprint density at radius 3 is 2.56 bits per heavy atom. The van der Waals surface area contributed by atoms with Crippen LogP contribution in [-0.4, -0.2) is 20.1 Å². The Morgan fingerprint density at radius 2 is 2.00 bits per heavy atom. The van der Waals surface area contributed by atoms with Crippen LogP contribution in [0.2, 0.25) is 0 Å². The number of aliphatic hydroxyl groups excluding tert-OH is 1. The molecule has 0 atom stereocenters. The maximum atomic E-state index is 9.26. The van der Waals surface area contributed by atoms with Crippen LogP contribution in [0.25, 0.3) is 0 Å². The SMILES string of the molecule is CC(C)c1c(CO)nnn1C1CCCCC1. The van der Waals surface area contributed by atoms with Crippen molar-refractivity contribution >= 4 is 0 Å². The predicted octanol–water partition coefficient (Wildman–Crippen LogP) is 2.40. The number of hydrogen-bond acceptors (Lipinski definition) is 3. The van der Waals surface area contributed by atoms with E-state index in [-0.39, 0.29) is 6.61 Å². The molecule has 0 aromatic carbocycles. The maximum Gasteiger partial charge on any atom is 0.112 e. The highest BCUT2D eigenvalue weighted by molar-refractivity contribution is 5.14. The largest absolute Gasteiger partial charge is 0.390 e. The average molecular weight is 223 g/mol. The number of hydrogen-bond donors (Lipinski definition) is 1. The molecule has 1 fully saturated rings. The van der Waals surface area contributed by atoms with E-state index in [1.54, 1.807) is 0 Å². The van der Waals surface area contributed by atoms with Gasteiger partial charge in [-0.15, -0.1) is 5.10 Å². The Hall–Kier alpha value is -0.900. The molecule has 1 heterocycles. The predicted molar refractivity (Wildman–Crippen MR) is 62.2 cm³/mol. The molecule has 4 heteroatoms. The summed E-state index contributed by atoms with van der Waals surface area (Å²) >= 11 is 0. The zero-order chi connectivity index (χ0) is 11.5. The fraction of sp³-hybridized carbons (Fsp3) is 0.833. The fourth-order valence-corrected chi connectivity index (χ4v) is 2.64. The second kappa shape index (κ2) is 4.95. The molecule has 1 N–H and O–H groups in total. The summed E-state index contributed by atoms with van der Waals surface area (Å²) in [6.07, 6.45) is 6.32. The van der Waals surface area contributed by atoms with E-state index in [2.05, 4.69) is 28.8 Å². The van der Waals surface area contributed by atoms with Crippen LogP contribution in [0.5, 0.6) is 0 Å². The van der Waals surface area contributed by atoms with Gasteiger partial charge in [0.1, 0.15) is 5.69 Å². The Morgan fingerprint density at radius 1 is 1.31 bits per heavy atom. The third-order valence-electron chi connectivity index (χ3n) is 3.42. The zero-order valence-corrected chi connectivity index (χ0v) is 10.2. The normalized spacial score (nSPS) is 18.2. The summed E-state index contributed by atoms with van der Waals surface area (Å²) in [6, 6.07) is 0.499. The lowest BCUT2D eigenvalue weighted by Gasteiger charge is -2.24. The van der Waals surface area contributed by atoms with Gasteiger partial charge in [-0.2, -0.15) is 0 Å². The van der Waals surface area contributed by atoms with E-state index >= 15 is 0 Å². The van der Waals surface area contributed by atoms with Gasteiger partial charge < -0.3 is 5.11 Å². The van der Waals surface area contributed by atoms with Gasteiger partial charge in [0.05, 0.1) is 18.3 Å². The van der Waals surface area contributed by atoms with Crippen LogP contribution in [-0.2, 0) is 6.61 Å². The van der Waals surface area contributed by atoms with E-state index in [4.69, 9.17) is 0 Å². The Kier molecular flexibility index (Phi) is 3.59. The van der Waals surface area contributed by atoms with E-state index in [0.29, 0.717) is 12.0 Å². The summed E-state index contributed by atoms with van der Waals surface area (Å²) in [5, 5.41) is 17.6. The molecule has 0 saturated heterocycles. The molecule has 90 valence electrons. The molecule has 16 heavy (non-hydrogen) atoms. The van der Waals surface area contributed by atoms with Crippen molar-refractivity contribution in [1.29, 1.82) is 0 Å². The second-order valence-electron chi connectivity index (χ2n) is 4.97. The quantitative estimate of drug-likeness (QED) is 0.856. The van der Waals surface area contributed by atoms with E-state index < -0.39 is 0 Å². The molecule has 1 aliphatic rings. The topological polar surface area (TPSA) is 50.9 Å². The lowest BCUT2D eigenvalue weighted by molar-refractivity contribution is 0.274. The van der Waals surface area contributed by atoms with Crippen molar-refractivity contribution in [2.24, 2.45) is 0 Å². The first-order chi connectivity index (χ1) is 7.74. The minimum absolute atomic E-state index is 0.000231. The summed E-state index contributed by atoms with van der Waals surface area (Å²) in [4.78, 5) is 0. The van der Waals surface area contributed by atoms with Gasteiger partial charge in [-0.1, -0.05) is 38.3 Å². The first-order valence-corrected chi connectivity index (χ1v) is 6.29. The third-order valence-corrected chi connectivity index (χ3v) is 3.42. The average Bonchev–Trinajstić information content (AvgIpc) is 2.73. The van der Waals surface area contributed by atoms with E-state index in [9.17, 15) is 5.11 Å². The monoisotopic (exact) mass is 223 g/mol. The summed E-state index contributed by atoms with van der Waals surface area (Å²) in [6.45, 7) is 4.27. The molecule has 1 aliphatic carbocycles. The van der Waals surface area contributed by atoms with Crippen molar-refractivity contribution in [3.8, 4) is 0 Å². The van der Waals surface area contributed by atoms with Crippen LogP contribution >= 0.6 is 0 Å². The lowest BCUT2D eigenvalue weighted by atomic mass is 9.95. The highest BCUT2D eigenvalue weighted by Crippen LogP contribution is 2.31. The van der Waals surface area contributed by atoms with E-state index in [0.717, 1.165) is 11.4 Å². The number of rotatable bonds is 3. The first-order valence-electron chi connectivity index (χ1n) is 6.29. The van der Waals surface area contributed by atoms with Gasteiger partial charge in [-0.3, -0.25) is 0 Å². The Bertz CT molecular complexity index is 340. The van der Waals surface area contributed by atoms with Gasteiger partial charge in [0.2, 0.25) is 0 Å². The van der Waals surface area contributed by atoms with Gasteiger partial charge >= 0.3 is 0 Å². The molecular weight excluding hydrogens is 202 g/mol. The summed E-state index contributed by atoms with van der Waals surface area (Å²) in [5.41, 5.74) is 1.87. The molecule has 0 aliphatic heterocycles. The van der Waals surface area contributed by atoms with E-state index in [1.807, 2.05) is 0 Å². The van der Waals surface area contributed by atoms with Gasteiger partial charge in [0.25, 0.3) is 0 Å². The standard InChI is InChI=1S/C12H21N3O/c1-9(2)12-11(8-16)13-14-15(12)10-6-4-3-5-7-10/h9-10,16H,3-8H2,1-2H3. The fourth-order valence-electron chi connectivity index (χ4n) is 2.64. The molecule has 0 unspecified atom stereocenters. The van der Waals surface area contributed by atoms with Crippen molar-refractivity contribution in [3.05, 3.63) is 11.4 Å². The van der Waals surface area contributed by atoms with Crippen LogP contribution < -0.4 is 0 Å². The molecule has 2 rings (SSSR count). The molecule has 0 spiro atoms. The van der Waals surface area contributed by atoms with Gasteiger partial charge in [0.15, 0.2) is 0 Å². The van der Waals surface area contributed by atoms with Gasteiger partial charge in [-0.25, -0.2) is 4.68 Å². The van der Waals surface area contributed by atoms with Crippen molar-refractivity contribution in [2.75, 3.05) is 0 Å². The van der Waals surface area contributed by atoms with Crippen molar-refractivity contribution in [1.82, 2.24) is 15.0 Å². The molecular formula is C12H21N3O. The second-order valence-corrected chi connectivity index (χ2v) is 4.97. The van der Waals surface area contributed by atoms with E-state index in [1.165, 1.54) is 32.1 Å². The first kappa shape index (κ1) is 11.6. The molecule has 1 aromatic heterocycles. The molecule has 1 aromatic rings. The van der Waals surface area contributed by atoms with Crippen molar-refractivity contribution in [3.63, 3.8) is 0 Å². The van der Waals surface area contributed by atoms with Crippen molar-refractivity contribution < 1.29 is 5.11 Å². The van der Waals surface area contributed by atoms with Crippen LogP contribution in [0.4, 0.5) is 0 Å². The third kappa shape index (κ3) is 2.12. The van der Waals surface area contributed by atoms with Crippen molar-refractivity contribution in [2.45, 2.75) is 64.5 Å². The van der Waals surface area contributed by atoms with Crippen LogP contribution in [0.1, 0.15) is 69.3 Å². The Balaban J connectivity index is 2.28. The number of nitrogens with zero attached hydrogens (tertiary/aromatic N) is 3. The molecule has 0 bridgehead atoms. The molecule has 0 radical (unpaired) electrons. The number of aromatic nitrogens is 3. The smallest absolute Gasteiger partial charge is 0.112 e. The zero-order valence-electron chi connectivity index (χ0n) is 10.2. The highest BCUT2D eigenvalue weighted by atomic mass is 16.3. The molecule has 4 nitrogen and oxygen atoms in total. The van der Waals surface area contributed by atoms with Gasteiger partial charge in [0, 0.05) is 0 Å². The molecule has 1 saturated carbocycles. The van der Waals surface area contributed by atoms with Gasteiger partial charge in [-0.05, 0) is 18.8 Å². The maximum absolute atomic E-state index is 9.26. The highest BCUT2D eigenvalue weighted by Gasteiger charge is 2.23.